The summed E-state index contributed by atoms with van der Waals surface area (Å²) in [6, 6.07) is 10.6. The first-order valence-corrected chi connectivity index (χ1v) is 8.96. The van der Waals surface area contributed by atoms with Gasteiger partial charge in [0.1, 0.15) is 12.1 Å². The van der Waals surface area contributed by atoms with Crippen molar-refractivity contribution in [3.8, 4) is 0 Å². The number of piperidine rings is 1. The molecule has 0 N–H and O–H groups in total. The van der Waals surface area contributed by atoms with Gasteiger partial charge in [-0.2, -0.15) is 0 Å². The van der Waals surface area contributed by atoms with Gasteiger partial charge in [-0.3, -0.25) is 4.90 Å². The lowest BCUT2D eigenvalue weighted by Crippen LogP contribution is -2.35. The van der Waals surface area contributed by atoms with Crippen LogP contribution in [-0.4, -0.2) is 32.5 Å². The summed E-state index contributed by atoms with van der Waals surface area (Å²) in [5.74, 6) is 2.41. The SMILES string of the molecule is Cc1nc(CN2CCC[C@H](c3nccn3Cc3ccccc3)C2)co1. The number of rotatable bonds is 5. The van der Waals surface area contributed by atoms with Gasteiger partial charge in [0.15, 0.2) is 5.89 Å². The molecule has 0 unspecified atom stereocenters. The summed E-state index contributed by atoms with van der Waals surface area (Å²) in [7, 11) is 0. The Morgan fingerprint density at radius 2 is 2.08 bits per heavy atom. The van der Waals surface area contributed by atoms with Crippen LogP contribution in [-0.2, 0) is 13.1 Å². The standard InChI is InChI=1S/C20H24N4O/c1-16-22-19(15-25-16)14-23-10-5-8-18(13-23)20-21-9-11-24(20)12-17-6-3-2-4-7-17/h2-4,6-7,9,11,15,18H,5,8,10,12-14H2,1H3/t18-/m0/s1. The van der Waals surface area contributed by atoms with E-state index in [0.717, 1.165) is 37.8 Å². The molecule has 130 valence electrons. The first-order chi connectivity index (χ1) is 12.3. The maximum atomic E-state index is 5.34. The van der Waals surface area contributed by atoms with Gasteiger partial charge in [0.05, 0.1) is 5.69 Å². The summed E-state index contributed by atoms with van der Waals surface area (Å²) in [5.41, 5.74) is 2.33. The van der Waals surface area contributed by atoms with E-state index in [1.165, 1.54) is 24.2 Å². The topological polar surface area (TPSA) is 47.1 Å². The summed E-state index contributed by atoms with van der Waals surface area (Å²) < 4.78 is 7.63. The largest absolute Gasteiger partial charge is 0.449 e. The van der Waals surface area contributed by atoms with E-state index in [-0.39, 0.29) is 0 Å². The molecule has 5 nitrogen and oxygen atoms in total. The van der Waals surface area contributed by atoms with Crippen LogP contribution in [0.4, 0.5) is 0 Å². The van der Waals surface area contributed by atoms with E-state index in [1.54, 1.807) is 6.26 Å². The zero-order valence-electron chi connectivity index (χ0n) is 14.6. The zero-order chi connectivity index (χ0) is 17.1. The van der Waals surface area contributed by atoms with Crippen molar-refractivity contribution in [1.82, 2.24) is 19.4 Å². The molecule has 2 aromatic heterocycles. The third-order valence-corrected chi connectivity index (χ3v) is 4.87. The number of aromatic nitrogens is 3. The molecule has 1 aliphatic heterocycles. The Kier molecular flexibility index (Phi) is 4.65. The van der Waals surface area contributed by atoms with Crippen molar-refractivity contribution >= 4 is 0 Å². The van der Waals surface area contributed by atoms with E-state index in [1.807, 2.05) is 13.1 Å². The second-order valence-corrected chi connectivity index (χ2v) is 6.83. The quantitative estimate of drug-likeness (QED) is 0.714. The fraction of sp³-hybridized carbons (Fsp3) is 0.400. The van der Waals surface area contributed by atoms with Gasteiger partial charge in [-0.05, 0) is 24.9 Å². The van der Waals surface area contributed by atoms with Crippen molar-refractivity contribution in [3.05, 3.63) is 72.0 Å². The molecular formula is C20H24N4O. The monoisotopic (exact) mass is 336 g/mol. The van der Waals surface area contributed by atoms with E-state index in [9.17, 15) is 0 Å². The van der Waals surface area contributed by atoms with E-state index >= 15 is 0 Å². The minimum Gasteiger partial charge on any atom is -0.449 e. The molecule has 3 aromatic rings. The maximum absolute atomic E-state index is 5.34. The number of nitrogens with zero attached hydrogens (tertiary/aromatic N) is 4. The van der Waals surface area contributed by atoms with Crippen molar-refractivity contribution in [1.29, 1.82) is 0 Å². The Bertz CT molecular complexity index is 808. The van der Waals surface area contributed by atoms with Gasteiger partial charge in [-0.1, -0.05) is 30.3 Å². The van der Waals surface area contributed by atoms with Crippen molar-refractivity contribution in [2.45, 2.75) is 38.8 Å². The second kappa shape index (κ2) is 7.23. The summed E-state index contributed by atoms with van der Waals surface area (Å²) in [4.78, 5) is 11.6. The normalized spacial score (nSPS) is 18.5. The number of likely N-dealkylation sites (tertiary alicyclic amines) is 1. The van der Waals surface area contributed by atoms with Gasteiger partial charge in [-0.15, -0.1) is 0 Å². The molecule has 0 amide bonds. The van der Waals surface area contributed by atoms with Gasteiger partial charge in [-0.25, -0.2) is 9.97 Å². The Morgan fingerprint density at radius 1 is 1.20 bits per heavy atom. The lowest BCUT2D eigenvalue weighted by atomic mass is 9.97. The van der Waals surface area contributed by atoms with Crippen molar-refractivity contribution < 1.29 is 4.42 Å². The van der Waals surface area contributed by atoms with Crippen molar-refractivity contribution in [3.63, 3.8) is 0 Å². The summed E-state index contributed by atoms with van der Waals surface area (Å²) in [6.45, 7) is 5.77. The molecule has 1 atom stereocenters. The van der Waals surface area contributed by atoms with Crippen LogP contribution in [0.25, 0.3) is 0 Å². The van der Waals surface area contributed by atoms with Gasteiger partial charge in [0.2, 0.25) is 0 Å². The number of imidazole rings is 1. The van der Waals surface area contributed by atoms with Gasteiger partial charge >= 0.3 is 0 Å². The average Bonchev–Trinajstić information content (AvgIpc) is 3.25. The van der Waals surface area contributed by atoms with E-state index in [0.29, 0.717) is 5.92 Å². The van der Waals surface area contributed by atoms with E-state index in [2.05, 4.69) is 56.0 Å². The number of aryl methyl sites for hydroxylation is 1. The Balaban J connectivity index is 1.45. The average molecular weight is 336 g/mol. The molecular weight excluding hydrogens is 312 g/mol. The predicted octanol–water partition coefficient (Wildman–Crippen LogP) is 3.61. The Hall–Kier alpha value is -2.40. The summed E-state index contributed by atoms with van der Waals surface area (Å²) in [6.07, 6.45) is 8.19. The highest BCUT2D eigenvalue weighted by molar-refractivity contribution is 5.16. The molecule has 4 rings (SSSR count). The highest BCUT2D eigenvalue weighted by Crippen LogP contribution is 2.27. The zero-order valence-corrected chi connectivity index (χ0v) is 14.6. The molecule has 5 heteroatoms. The van der Waals surface area contributed by atoms with Crippen LogP contribution in [0.15, 0.2) is 53.4 Å². The Morgan fingerprint density at radius 3 is 2.88 bits per heavy atom. The number of oxazole rings is 1. The molecule has 1 aliphatic rings. The van der Waals surface area contributed by atoms with Crippen molar-refractivity contribution in [2.75, 3.05) is 13.1 Å². The first-order valence-electron chi connectivity index (χ1n) is 8.96. The van der Waals surface area contributed by atoms with Crippen LogP contribution < -0.4 is 0 Å². The molecule has 1 aromatic carbocycles. The Labute approximate surface area is 148 Å². The smallest absolute Gasteiger partial charge is 0.191 e. The van der Waals surface area contributed by atoms with Gasteiger partial charge in [0.25, 0.3) is 0 Å². The number of hydrogen-bond donors (Lipinski definition) is 0. The molecule has 1 saturated heterocycles. The highest BCUT2D eigenvalue weighted by Gasteiger charge is 2.25. The maximum Gasteiger partial charge on any atom is 0.191 e. The fourth-order valence-corrected chi connectivity index (χ4v) is 3.71. The van der Waals surface area contributed by atoms with Crippen LogP contribution in [0, 0.1) is 6.92 Å². The van der Waals surface area contributed by atoms with Gasteiger partial charge < -0.3 is 8.98 Å². The number of hydrogen-bond acceptors (Lipinski definition) is 4. The molecule has 0 bridgehead atoms. The van der Waals surface area contributed by atoms with E-state index < -0.39 is 0 Å². The molecule has 3 heterocycles. The second-order valence-electron chi connectivity index (χ2n) is 6.83. The van der Waals surface area contributed by atoms with Crippen LogP contribution in [0.1, 0.15) is 41.7 Å². The van der Waals surface area contributed by atoms with Crippen LogP contribution in [0.5, 0.6) is 0 Å². The van der Waals surface area contributed by atoms with Crippen LogP contribution >= 0.6 is 0 Å². The minimum atomic E-state index is 0.473. The summed E-state index contributed by atoms with van der Waals surface area (Å²) in [5, 5.41) is 0. The molecule has 0 aliphatic carbocycles. The third-order valence-electron chi connectivity index (χ3n) is 4.87. The van der Waals surface area contributed by atoms with E-state index in [4.69, 9.17) is 4.42 Å². The molecule has 0 saturated carbocycles. The predicted molar refractivity (Wildman–Crippen MR) is 96.3 cm³/mol. The van der Waals surface area contributed by atoms with Gasteiger partial charge in [0, 0.05) is 44.9 Å². The van der Waals surface area contributed by atoms with Crippen molar-refractivity contribution in [2.24, 2.45) is 0 Å². The molecule has 0 spiro atoms. The first kappa shape index (κ1) is 16.1. The minimum absolute atomic E-state index is 0.473. The third kappa shape index (κ3) is 3.82. The molecule has 25 heavy (non-hydrogen) atoms. The fourth-order valence-electron chi connectivity index (χ4n) is 3.71. The molecule has 1 fully saturated rings. The molecule has 0 radical (unpaired) electrons. The number of benzene rings is 1. The summed E-state index contributed by atoms with van der Waals surface area (Å²) >= 11 is 0. The van der Waals surface area contributed by atoms with Crippen LogP contribution in [0.3, 0.4) is 0 Å². The highest BCUT2D eigenvalue weighted by atomic mass is 16.3. The lowest BCUT2D eigenvalue weighted by Gasteiger charge is -2.32. The van der Waals surface area contributed by atoms with Crippen LogP contribution in [0.2, 0.25) is 0 Å². The lowest BCUT2D eigenvalue weighted by molar-refractivity contribution is 0.193.